The second-order valence-electron chi connectivity index (χ2n) is 4.32. The first-order valence-corrected chi connectivity index (χ1v) is 5.76. The molecule has 1 saturated heterocycles. The maximum absolute atomic E-state index is 10.5. The molecule has 0 amide bonds. The van der Waals surface area contributed by atoms with Crippen LogP contribution >= 0.6 is 12.4 Å². The van der Waals surface area contributed by atoms with E-state index in [1.807, 2.05) is 0 Å². The average molecular weight is 273 g/mol. The summed E-state index contributed by atoms with van der Waals surface area (Å²) in [5.41, 5.74) is 7.24. The van der Waals surface area contributed by atoms with Crippen molar-refractivity contribution in [2.24, 2.45) is 11.7 Å². The third-order valence-corrected chi connectivity index (χ3v) is 3.26. The third kappa shape index (κ3) is 3.41. The van der Waals surface area contributed by atoms with Crippen molar-refractivity contribution < 1.29 is 9.66 Å². The summed E-state index contributed by atoms with van der Waals surface area (Å²) >= 11 is 0. The standard InChI is InChI=1S/C12H16N2O3.ClH/c13-12(10-5-7-17-8-6-10)9-1-3-11(4-2-9)14(15)16;/h1-4,10,12H,5-8,13H2;1H/t12-;/m1./s1. The lowest BCUT2D eigenvalue weighted by Crippen LogP contribution is -2.27. The smallest absolute Gasteiger partial charge is 0.269 e. The zero-order valence-corrected chi connectivity index (χ0v) is 10.8. The summed E-state index contributed by atoms with van der Waals surface area (Å²) in [5.74, 6) is 0.408. The van der Waals surface area contributed by atoms with Crippen LogP contribution in [0.5, 0.6) is 0 Å². The molecule has 1 atom stereocenters. The predicted molar refractivity (Wildman–Crippen MR) is 70.8 cm³/mol. The van der Waals surface area contributed by atoms with Gasteiger partial charge in [-0.15, -0.1) is 12.4 Å². The van der Waals surface area contributed by atoms with Gasteiger partial charge in [0.15, 0.2) is 0 Å². The van der Waals surface area contributed by atoms with Crippen molar-refractivity contribution in [2.45, 2.75) is 18.9 Å². The van der Waals surface area contributed by atoms with E-state index >= 15 is 0 Å². The summed E-state index contributed by atoms with van der Waals surface area (Å²) in [7, 11) is 0. The minimum absolute atomic E-state index is 0. The number of rotatable bonds is 3. The molecule has 1 fully saturated rings. The number of nitro groups is 1. The third-order valence-electron chi connectivity index (χ3n) is 3.26. The SMILES string of the molecule is Cl.N[C@H](c1ccc([N+](=O)[O-])cc1)C1CCOCC1. The molecular weight excluding hydrogens is 256 g/mol. The molecule has 2 N–H and O–H groups in total. The molecule has 1 aromatic carbocycles. The molecule has 0 aromatic heterocycles. The van der Waals surface area contributed by atoms with Crippen LogP contribution in [0.3, 0.4) is 0 Å². The van der Waals surface area contributed by atoms with Gasteiger partial charge in [-0.25, -0.2) is 0 Å². The molecule has 5 nitrogen and oxygen atoms in total. The lowest BCUT2D eigenvalue weighted by molar-refractivity contribution is -0.384. The molecule has 6 heteroatoms. The van der Waals surface area contributed by atoms with Crippen LogP contribution in [0.2, 0.25) is 0 Å². The maximum atomic E-state index is 10.5. The Morgan fingerprint density at radius 2 is 1.83 bits per heavy atom. The van der Waals surface area contributed by atoms with Gasteiger partial charge in [0.05, 0.1) is 4.92 Å². The van der Waals surface area contributed by atoms with Gasteiger partial charge in [0.2, 0.25) is 0 Å². The molecular formula is C12H17ClN2O3. The van der Waals surface area contributed by atoms with Gasteiger partial charge in [0.1, 0.15) is 0 Å². The minimum Gasteiger partial charge on any atom is -0.381 e. The lowest BCUT2D eigenvalue weighted by Gasteiger charge is -2.27. The first-order chi connectivity index (χ1) is 8.18. The van der Waals surface area contributed by atoms with Gasteiger partial charge >= 0.3 is 0 Å². The molecule has 0 aliphatic carbocycles. The number of nitrogens with zero attached hydrogens (tertiary/aromatic N) is 1. The second kappa shape index (κ2) is 6.68. The van der Waals surface area contributed by atoms with Crippen LogP contribution in [0.4, 0.5) is 5.69 Å². The topological polar surface area (TPSA) is 78.4 Å². The van der Waals surface area contributed by atoms with Crippen LogP contribution in [-0.4, -0.2) is 18.1 Å². The van der Waals surface area contributed by atoms with Crippen LogP contribution in [0.1, 0.15) is 24.4 Å². The molecule has 18 heavy (non-hydrogen) atoms. The molecule has 0 bridgehead atoms. The molecule has 1 aliphatic heterocycles. The Balaban J connectivity index is 0.00000162. The zero-order valence-electron chi connectivity index (χ0n) is 9.95. The molecule has 100 valence electrons. The first-order valence-electron chi connectivity index (χ1n) is 5.76. The number of nitro benzene ring substituents is 1. The van der Waals surface area contributed by atoms with Gasteiger partial charge in [0.25, 0.3) is 5.69 Å². The van der Waals surface area contributed by atoms with Crippen molar-refractivity contribution in [1.82, 2.24) is 0 Å². The molecule has 1 aliphatic rings. The van der Waals surface area contributed by atoms with Gasteiger partial charge in [0, 0.05) is 31.4 Å². The van der Waals surface area contributed by atoms with Crippen molar-refractivity contribution >= 4 is 18.1 Å². The molecule has 1 aromatic rings. The molecule has 0 saturated carbocycles. The van der Waals surface area contributed by atoms with Crippen LogP contribution in [0, 0.1) is 16.0 Å². The quantitative estimate of drug-likeness (QED) is 0.677. The fourth-order valence-corrected chi connectivity index (χ4v) is 2.17. The summed E-state index contributed by atoms with van der Waals surface area (Å²) in [4.78, 5) is 10.1. The number of hydrogen-bond acceptors (Lipinski definition) is 4. The van der Waals surface area contributed by atoms with Gasteiger partial charge in [-0.2, -0.15) is 0 Å². The fourth-order valence-electron chi connectivity index (χ4n) is 2.17. The molecule has 0 spiro atoms. The van der Waals surface area contributed by atoms with Crippen LogP contribution in [0.15, 0.2) is 24.3 Å². The van der Waals surface area contributed by atoms with Gasteiger partial charge in [-0.05, 0) is 24.3 Å². The van der Waals surface area contributed by atoms with E-state index in [0.29, 0.717) is 5.92 Å². The Morgan fingerprint density at radius 3 is 2.33 bits per heavy atom. The monoisotopic (exact) mass is 272 g/mol. The van der Waals surface area contributed by atoms with Gasteiger partial charge in [-0.3, -0.25) is 10.1 Å². The van der Waals surface area contributed by atoms with Crippen molar-refractivity contribution in [2.75, 3.05) is 13.2 Å². The number of ether oxygens (including phenoxy) is 1. The van der Waals surface area contributed by atoms with E-state index in [2.05, 4.69) is 0 Å². The highest BCUT2D eigenvalue weighted by atomic mass is 35.5. The van der Waals surface area contributed by atoms with Crippen molar-refractivity contribution in [3.05, 3.63) is 39.9 Å². The normalized spacial score (nSPS) is 17.8. The molecule has 0 unspecified atom stereocenters. The van der Waals surface area contributed by atoms with Gasteiger partial charge in [-0.1, -0.05) is 12.1 Å². The zero-order chi connectivity index (χ0) is 12.3. The number of nitrogens with two attached hydrogens (primary N) is 1. The Hall–Kier alpha value is -1.17. The van der Waals surface area contributed by atoms with Crippen molar-refractivity contribution in [3.8, 4) is 0 Å². The first kappa shape index (κ1) is 14.9. The summed E-state index contributed by atoms with van der Waals surface area (Å²) < 4.78 is 5.29. The van der Waals surface area contributed by atoms with E-state index in [9.17, 15) is 10.1 Å². The van der Waals surface area contributed by atoms with Crippen molar-refractivity contribution in [1.29, 1.82) is 0 Å². The molecule has 1 heterocycles. The minimum atomic E-state index is -0.399. The summed E-state index contributed by atoms with van der Waals surface area (Å²) in [6, 6.07) is 6.46. The average Bonchev–Trinajstić information content (AvgIpc) is 2.39. The molecule has 2 rings (SSSR count). The number of benzene rings is 1. The Bertz CT molecular complexity index is 391. The maximum Gasteiger partial charge on any atom is 0.269 e. The molecule has 0 radical (unpaired) electrons. The second-order valence-corrected chi connectivity index (χ2v) is 4.32. The van der Waals surface area contributed by atoms with E-state index in [-0.39, 0.29) is 24.1 Å². The van der Waals surface area contributed by atoms with Crippen LogP contribution < -0.4 is 5.73 Å². The number of hydrogen-bond donors (Lipinski definition) is 1. The van der Waals surface area contributed by atoms with Crippen LogP contribution in [0.25, 0.3) is 0 Å². The number of non-ortho nitro benzene ring substituents is 1. The highest BCUT2D eigenvalue weighted by molar-refractivity contribution is 5.85. The van der Waals surface area contributed by atoms with E-state index in [1.165, 1.54) is 12.1 Å². The van der Waals surface area contributed by atoms with Gasteiger partial charge < -0.3 is 10.5 Å². The predicted octanol–water partition coefficient (Wildman–Crippen LogP) is 2.44. The lowest BCUT2D eigenvalue weighted by atomic mass is 9.88. The number of halogens is 1. The Morgan fingerprint density at radius 1 is 1.28 bits per heavy atom. The van der Waals surface area contributed by atoms with E-state index < -0.39 is 4.92 Å². The van der Waals surface area contributed by atoms with E-state index in [4.69, 9.17) is 10.5 Å². The van der Waals surface area contributed by atoms with E-state index in [1.54, 1.807) is 12.1 Å². The van der Waals surface area contributed by atoms with Crippen molar-refractivity contribution in [3.63, 3.8) is 0 Å². The summed E-state index contributed by atoms with van der Waals surface area (Å²) in [6.45, 7) is 1.51. The summed E-state index contributed by atoms with van der Waals surface area (Å²) in [5, 5.41) is 10.5. The summed E-state index contributed by atoms with van der Waals surface area (Å²) in [6.07, 6.45) is 1.91. The Labute approximate surface area is 112 Å². The highest BCUT2D eigenvalue weighted by Crippen LogP contribution is 2.28. The Kier molecular flexibility index (Phi) is 5.53. The largest absolute Gasteiger partial charge is 0.381 e. The highest BCUT2D eigenvalue weighted by Gasteiger charge is 2.22. The van der Waals surface area contributed by atoms with E-state index in [0.717, 1.165) is 31.6 Å². The fraction of sp³-hybridized carbons (Fsp3) is 0.500. The van der Waals surface area contributed by atoms with Crippen LogP contribution in [-0.2, 0) is 4.74 Å².